The Labute approximate surface area is 167 Å². The van der Waals surface area contributed by atoms with Gasteiger partial charge in [0, 0.05) is 5.56 Å². The summed E-state index contributed by atoms with van der Waals surface area (Å²) >= 11 is 0. The van der Waals surface area contributed by atoms with Crippen LogP contribution in [-0.4, -0.2) is 36.9 Å². The summed E-state index contributed by atoms with van der Waals surface area (Å²) in [6, 6.07) is 9.84. The number of rotatable bonds is 5. The first-order valence-corrected chi connectivity index (χ1v) is 8.30. The topological polar surface area (TPSA) is 137 Å². The van der Waals surface area contributed by atoms with E-state index in [1.807, 2.05) is 0 Å². The SMILES string of the molecule is COC(=O)c1c(C)nc(C)c(C(=O)OC)c1-c1ccc(NN=C(C#N)C#N)cc1. The van der Waals surface area contributed by atoms with Crippen molar-refractivity contribution in [3.8, 4) is 23.3 Å². The normalized spacial score (nSPS) is 9.59. The van der Waals surface area contributed by atoms with E-state index < -0.39 is 11.9 Å². The monoisotopic (exact) mass is 391 g/mol. The van der Waals surface area contributed by atoms with Crippen LogP contribution in [0.2, 0.25) is 0 Å². The molecule has 0 spiro atoms. The summed E-state index contributed by atoms with van der Waals surface area (Å²) in [6.45, 7) is 3.31. The average molecular weight is 391 g/mol. The largest absolute Gasteiger partial charge is 0.465 e. The number of hydrogen-bond acceptors (Lipinski definition) is 9. The first-order chi connectivity index (χ1) is 13.9. The zero-order valence-corrected chi connectivity index (χ0v) is 16.2. The molecule has 0 aliphatic heterocycles. The number of hydrazone groups is 1. The third-order valence-corrected chi connectivity index (χ3v) is 4.02. The zero-order valence-electron chi connectivity index (χ0n) is 16.2. The van der Waals surface area contributed by atoms with Gasteiger partial charge in [0.1, 0.15) is 12.1 Å². The molecular formula is C20H17N5O4. The highest BCUT2D eigenvalue weighted by Gasteiger charge is 2.27. The van der Waals surface area contributed by atoms with E-state index in [1.165, 1.54) is 14.2 Å². The number of nitrogens with one attached hydrogen (secondary N) is 1. The highest BCUT2D eigenvalue weighted by molar-refractivity contribution is 6.10. The number of anilines is 1. The number of carbonyl (C=O) groups is 2. The Kier molecular flexibility index (Phi) is 6.62. The van der Waals surface area contributed by atoms with E-state index in [2.05, 4.69) is 15.5 Å². The highest BCUT2D eigenvalue weighted by atomic mass is 16.5. The summed E-state index contributed by atoms with van der Waals surface area (Å²) in [5.41, 5.74) is 4.81. The van der Waals surface area contributed by atoms with Crippen LogP contribution in [0, 0.1) is 36.5 Å². The van der Waals surface area contributed by atoms with E-state index in [0.717, 1.165) is 0 Å². The molecule has 0 fully saturated rings. The average Bonchev–Trinajstić information content (AvgIpc) is 2.73. The van der Waals surface area contributed by atoms with Crippen LogP contribution in [0.1, 0.15) is 32.1 Å². The number of hydrogen-bond donors (Lipinski definition) is 1. The lowest BCUT2D eigenvalue weighted by molar-refractivity contribution is 0.0599. The molecule has 0 atom stereocenters. The minimum Gasteiger partial charge on any atom is -0.465 e. The van der Waals surface area contributed by atoms with E-state index in [4.69, 9.17) is 20.0 Å². The van der Waals surface area contributed by atoms with Crippen molar-refractivity contribution in [2.24, 2.45) is 5.10 Å². The van der Waals surface area contributed by atoms with Crippen molar-refractivity contribution in [1.82, 2.24) is 4.98 Å². The summed E-state index contributed by atoms with van der Waals surface area (Å²) in [5.74, 6) is -1.26. The Morgan fingerprint density at radius 1 is 0.966 bits per heavy atom. The molecule has 146 valence electrons. The number of methoxy groups -OCH3 is 2. The molecule has 0 radical (unpaired) electrons. The van der Waals surface area contributed by atoms with Crippen molar-refractivity contribution in [2.45, 2.75) is 13.8 Å². The quantitative estimate of drug-likeness (QED) is 0.466. The molecule has 9 heteroatoms. The number of benzene rings is 1. The molecule has 1 N–H and O–H groups in total. The third-order valence-electron chi connectivity index (χ3n) is 4.02. The maximum Gasteiger partial charge on any atom is 0.340 e. The van der Waals surface area contributed by atoms with Crippen molar-refractivity contribution < 1.29 is 19.1 Å². The molecule has 0 amide bonds. The first kappa shape index (κ1) is 21.1. The first-order valence-electron chi connectivity index (χ1n) is 8.30. The third kappa shape index (κ3) is 4.37. The Morgan fingerprint density at radius 3 is 1.86 bits per heavy atom. The van der Waals surface area contributed by atoms with Crippen LogP contribution in [0.4, 0.5) is 5.69 Å². The zero-order chi connectivity index (χ0) is 21.6. The van der Waals surface area contributed by atoms with Gasteiger partial charge in [-0.25, -0.2) is 9.59 Å². The number of nitrogens with zero attached hydrogens (tertiary/aromatic N) is 4. The number of nitriles is 2. The molecule has 0 unspecified atom stereocenters. The van der Waals surface area contributed by atoms with Crippen molar-refractivity contribution in [3.63, 3.8) is 0 Å². The predicted molar refractivity (Wildman–Crippen MR) is 104 cm³/mol. The summed E-state index contributed by atoms with van der Waals surface area (Å²) < 4.78 is 9.76. The van der Waals surface area contributed by atoms with Gasteiger partial charge in [0.15, 0.2) is 0 Å². The molecular weight excluding hydrogens is 374 g/mol. The Bertz CT molecular complexity index is 1020. The number of pyridine rings is 1. The van der Waals surface area contributed by atoms with E-state index in [1.54, 1.807) is 50.3 Å². The molecule has 1 heterocycles. The molecule has 9 nitrogen and oxygen atoms in total. The summed E-state index contributed by atoms with van der Waals surface area (Å²) in [5, 5.41) is 21.1. The van der Waals surface area contributed by atoms with Crippen LogP contribution in [0.5, 0.6) is 0 Å². The molecule has 0 aliphatic carbocycles. The number of aromatic nitrogens is 1. The van der Waals surface area contributed by atoms with Crippen LogP contribution in [-0.2, 0) is 9.47 Å². The Morgan fingerprint density at radius 2 is 1.45 bits per heavy atom. The van der Waals surface area contributed by atoms with Gasteiger partial charge in [-0.05, 0) is 31.5 Å². The van der Waals surface area contributed by atoms with Gasteiger partial charge in [0.25, 0.3) is 0 Å². The molecule has 29 heavy (non-hydrogen) atoms. The van der Waals surface area contributed by atoms with Gasteiger partial charge in [-0.15, -0.1) is 0 Å². The van der Waals surface area contributed by atoms with Gasteiger partial charge in [0.05, 0.1) is 42.4 Å². The molecule has 0 saturated carbocycles. The molecule has 2 rings (SSSR count). The maximum absolute atomic E-state index is 12.4. The smallest absolute Gasteiger partial charge is 0.340 e. The van der Waals surface area contributed by atoms with Gasteiger partial charge in [0.2, 0.25) is 5.71 Å². The number of ether oxygens (including phenoxy) is 2. The minimum atomic E-state index is -0.630. The van der Waals surface area contributed by atoms with Crippen LogP contribution in [0.15, 0.2) is 29.4 Å². The molecule has 1 aromatic carbocycles. The second-order valence-electron chi connectivity index (χ2n) is 5.76. The van der Waals surface area contributed by atoms with Gasteiger partial charge in [-0.1, -0.05) is 12.1 Å². The maximum atomic E-state index is 12.4. The molecule has 1 aromatic heterocycles. The predicted octanol–water partition coefficient (Wildman–Crippen LogP) is 2.75. The Balaban J connectivity index is 2.65. The van der Waals surface area contributed by atoms with Crippen LogP contribution in [0.25, 0.3) is 11.1 Å². The minimum absolute atomic E-state index is 0.161. The van der Waals surface area contributed by atoms with Crippen molar-refractivity contribution >= 4 is 23.3 Å². The van der Waals surface area contributed by atoms with E-state index in [0.29, 0.717) is 28.2 Å². The molecule has 0 saturated heterocycles. The second-order valence-corrected chi connectivity index (χ2v) is 5.76. The summed E-state index contributed by atoms with van der Waals surface area (Å²) in [4.78, 5) is 29.1. The highest BCUT2D eigenvalue weighted by Crippen LogP contribution is 2.33. The lowest BCUT2D eigenvalue weighted by Crippen LogP contribution is -2.16. The lowest BCUT2D eigenvalue weighted by Gasteiger charge is -2.17. The van der Waals surface area contributed by atoms with Crippen LogP contribution >= 0.6 is 0 Å². The van der Waals surface area contributed by atoms with Gasteiger partial charge < -0.3 is 9.47 Å². The lowest BCUT2D eigenvalue weighted by atomic mass is 9.92. The van der Waals surface area contributed by atoms with Crippen LogP contribution < -0.4 is 5.43 Å². The fourth-order valence-electron chi connectivity index (χ4n) is 2.75. The van der Waals surface area contributed by atoms with Crippen molar-refractivity contribution in [1.29, 1.82) is 10.5 Å². The van der Waals surface area contributed by atoms with E-state index in [-0.39, 0.29) is 16.8 Å². The van der Waals surface area contributed by atoms with Gasteiger partial charge in [-0.3, -0.25) is 10.4 Å². The fourth-order valence-corrected chi connectivity index (χ4v) is 2.75. The molecule has 0 bridgehead atoms. The number of esters is 2. The van der Waals surface area contributed by atoms with E-state index >= 15 is 0 Å². The second kappa shape index (κ2) is 9.11. The van der Waals surface area contributed by atoms with Gasteiger partial charge in [-0.2, -0.15) is 15.6 Å². The number of aryl methyl sites for hydroxylation is 2. The van der Waals surface area contributed by atoms with Crippen LogP contribution in [0.3, 0.4) is 0 Å². The number of carbonyl (C=O) groups excluding carboxylic acids is 2. The van der Waals surface area contributed by atoms with Crippen molar-refractivity contribution in [3.05, 3.63) is 46.8 Å². The standard InChI is InChI=1S/C20H17N5O4/c1-11-16(19(26)28-3)18(17(12(2)23-11)20(27)29-4)13-5-7-14(8-6-13)24-25-15(9-21)10-22/h5-8,24H,1-4H3. The molecule has 0 aliphatic rings. The fraction of sp³-hybridized carbons (Fsp3) is 0.200. The van der Waals surface area contributed by atoms with Gasteiger partial charge >= 0.3 is 11.9 Å². The Hall–Kier alpha value is -4.24. The van der Waals surface area contributed by atoms with E-state index in [9.17, 15) is 9.59 Å². The van der Waals surface area contributed by atoms with Crippen molar-refractivity contribution in [2.75, 3.05) is 19.6 Å². The molecule has 2 aromatic rings. The summed E-state index contributed by atoms with van der Waals surface area (Å²) in [7, 11) is 2.49. The summed E-state index contributed by atoms with van der Waals surface area (Å²) in [6.07, 6.45) is 0.